The van der Waals surface area contributed by atoms with E-state index in [9.17, 15) is 28.8 Å². The van der Waals surface area contributed by atoms with Crippen molar-refractivity contribution in [1.29, 1.82) is 0 Å². The highest BCUT2D eigenvalue weighted by molar-refractivity contribution is 5.91. The molecule has 2 N–H and O–H groups in total. The standard InChI is InChI=1S/C56H80N6O6.CH4/c1-11-39(2)52(66)58-51(56(7,8)9)54(68)62-31-19-25-46(62)38-60(50(65)33-42-22-16-13-17-23-42)36-44-28-26-43(27-29-44)35-59(49(64)32-41-20-14-12-15-21-41)37-45-24-18-30-61(45)53(67)47(55(4,5)6)34-48(63)40(3)57-10;/h12-17,20-23,26-29,39-40,45-47,51,57H,11,18-19,24-25,30-38H2,1-10H3,(H,58,66);1H4/t39-,40+,45+,46+,47-,51-;/m1./s1. The summed E-state index contributed by atoms with van der Waals surface area (Å²) in [5.74, 6) is -1.06. The van der Waals surface area contributed by atoms with Crippen LogP contribution in [-0.2, 0) is 54.7 Å². The van der Waals surface area contributed by atoms with E-state index in [1.807, 2.05) is 167 Å². The number of nitrogens with zero attached hydrogens (tertiary/aromatic N) is 4. The number of likely N-dealkylation sites (tertiary alicyclic amines) is 2. The lowest BCUT2D eigenvalue weighted by atomic mass is 9.76. The molecule has 0 radical (unpaired) electrons. The first-order chi connectivity index (χ1) is 32.2. The third kappa shape index (κ3) is 15.8. The van der Waals surface area contributed by atoms with Gasteiger partial charge in [-0.1, -0.05) is 148 Å². The number of carbonyl (C=O) groups excluding carboxylic acids is 6. The molecule has 0 aliphatic carbocycles. The van der Waals surface area contributed by atoms with E-state index in [4.69, 9.17) is 0 Å². The average molecular weight is 949 g/mol. The van der Waals surface area contributed by atoms with Crippen LogP contribution in [0.25, 0.3) is 0 Å². The lowest BCUT2D eigenvalue weighted by molar-refractivity contribution is -0.144. The first-order valence-electron chi connectivity index (χ1n) is 25.0. The van der Waals surface area contributed by atoms with Crippen LogP contribution in [0.2, 0.25) is 0 Å². The second-order valence-corrected chi connectivity index (χ2v) is 21.6. The van der Waals surface area contributed by atoms with Gasteiger partial charge in [0.2, 0.25) is 29.5 Å². The molecule has 2 heterocycles. The molecule has 0 unspecified atom stereocenters. The Labute approximate surface area is 414 Å². The van der Waals surface area contributed by atoms with Crippen LogP contribution < -0.4 is 10.6 Å². The second kappa shape index (κ2) is 25.5. The number of rotatable bonds is 21. The van der Waals surface area contributed by atoms with E-state index in [1.54, 1.807) is 7.05 Å². The zero-order valence-electron chi connectivity index (χ0n) is 42.7. The predicted octanol–water partition coefficient (Wildman–Crippen LogP) is 8.25. The second-order valence-electron chi connectivity index (χ2n) is 21.6. The molecule has 2 saturated heterocycles. The molecule has 2 aliphatic heterocycles. The van der Waals surface area contributed by atoms with Gasteiger partial charge in [0.1, 0.15) is 11.8 Å². The minimum atomic E-state index is -0.703. The van der Waals surface area contributed by atoms with Crippen LogP contribution in [0.4, 0.5) is 0 Å². The first-order valence-corrected chi connectivity index (χ1v) is 25.0. The highest BCUT2D eigenvalue weighted by Gasteiger charge is 2.42. The molecule has 69 heavy (non-hydrogen) atoms. The maximum Gasteiger partial charge on any atom is 0.246 e. The van der Waals surface area contributed by atoms with Crippen LogP contribution in [0.5, 0.6) is 0 Å². The summed E-state index contributed by atoms with van der Waals surface area (Å²) in [6.45, 7) is 20.2. The molecule has 5 amide bonds. The highest BCUT2D eigenvalue weighted by atomic mass is 16.2. The number of hydrogen-bond acceptors (Lipinski definition) is 7. The van der Waals surface area contributed by atoms with Crippen LogP contribution in [0.3, 0.4) is 0 Å². The fourth-order valence-corrected chi connectivity index (χ4v) is 9.39. The minimum Gasteiger partial charge on any atom is -0.344 e. The maximum atomic E-state index is 14.4. The Balaban J connectivity index is 0.0000104. The molecule has 3 aromatic carbocycles. The number of carbonyl (C=O) groups is 6. The Kier molecular flexibility index (Phi) is 20.8. The van der Waals surface area contributed by atoms with Crippen molar-refractivity contribution in [3.8, 4) is 0 Å². The number of nitrogens with one attached hydrogen (secondary N) is 2. The largest absolute Gasteiger partial charge is 0.344 e. The van der Waals surface area contributed by atoms with Crippen LogP contribution in [0, 0.1) is 22.7 Å². The maximum absolute atomic E-state index is 14.4. The molecule has 0 bridgehead atoms. The summed E-state index contributed by atoms with van der Waals surface area (Å²) >= 11 is 0. The number of ketones is 1. The molecule has 3 aromatic rings. The summed E-state index contributed by atoms with van der Waals surface area (Å²) in [6.07, 6.45) is 4.41. The Morgan fingerprint density at radius 1 is 0.638 bits per heavy atom. The zero-order chi connectivity index (χ0) is 49.8. The van der Waals surface area contributed by atoms with Crippen LogP contribution in [0.15, 0.2) is 84.9 Å². The molecular formula is C57H84N6O6. The van der Waals surface area contributed by atoms with Crippen molar-refractivity contribution in [1.82, 2.24) is 30.2 Å². The molecule has 12 nitrogen and oxygen atoms in total. The SMILES string of the molecule is C.CC[C@@H](C)C(=O)N[C@H](C(=O)N1CCC[C@H]1CN(Cc1ccc(CN(C[C@@H]2CCCN2C(=O)[C@@H](CC(=O)[C@H](C)NC)C(C)(C)C)C(=O)Cc2ccccc2)cc1)C(=O)Cc1ccccc1)C(C)(C)C. The van der Waals surface area contributed by atoms with E-state index in [1.165, 1.54) is 0 Å². The topological polar surface area (TPSA) is 139 Å². The molecule has 0 aromatic heterocycles. The van der Waals surface area contributed by atoms with Gasteiger partial charge in [0.05, 0.1) is 18.9 Å². The number of amides is 5. The molecule has 0 saturated carbocycles. The zero-order valence-corrected chi connectivity index (χ0v) is 42.7. The van der Waals surface area contributed by atoms with Crippen molar-refractivity contribution < 1.29 is 28.8 Å². The van der Waals surface area contributed by atoms with Crippen molar-refractivity contribution in [3.05, 3.63) is 107 Å². The summed E-state index contributed by atoms with van der Waals surface area (Å²) in [7, 11) is 1.75. The van der Waals surface area contributed by atoms with Crippen LogP contribution in [-0.4, -0.2) is 112 Å². The molecule has 378 valence electrons. The summed E-state index contributed by atoms with van der Waals surface area (Å²) in [5, 5.41) is 6.10. The van der Waals surface area contributed by atoms with Crippen molar-refractivity contribution >= 4 is 35.3 Å². The van der Waals surface area contributed by atoms with E-state index in [2.05, 4.69) is 10.6 Å². The van der Waals surface area contributed by atoms with Gasteiger partial charge >= 0.3 is 0 Å². The summed E-state index contributed by atoms with van der Waals surface area (Å²) < 4.78 is 0. The Morgan fingerprint density at radius 2 is 1.07 bits per heavy atom. The van der Waals surface area contributed by atoms with Gasteiger partial charge in [-0.25, -0.2) is 0 Å². The smallest absolute Gasteiger partial charge is 0.246 e. The summed E-state index contributed by atoms with van der Waals surface area (Å²) in [6, 6.07) is 26.0. The molecule has 2 aliphatic rings. The van der Waals surface area contributed by atoms with Gasteiger partial charge in [0.25, 0.3) is 0 Å². The first kappa shape index (κ1) is 56.2. The lowest BCUT2D eigenvalue weighted by Gasteiger charge is -2.37. The number of Topliss-reactive ketones (excluding diaryl/α,β-unsaturated/α-hetero) is 1. The third-order valence-corrected chi connectivity index (χ3v) is 14.2. The van der Waals surface area contributed by atoms with E-state index in [0.29, 0.717) is 45.7 Å². The van der Waals surface area contributed by atoms with E-state index in [-0.39, 0.29) is 86.1 Å². The average Bonchev–Trinajstić information content (AvgIpc) is 3.98. The quantitative estimate of drug-likeness (QED) is 0.110. The Hall–Kier alpha value is -5.36. The number of hydrogen-bond donors (Lipinski definition) is 2. The van der Waals surface area contributed by atoms with Crippen molar-refractivity contribution in [2.75, 3.05) is 33.2 Å². The third-order valence-electron chi connectivity index (χ3n) is 14.2. The monoisotopic (exact) mass is 949 g/mol. The molecule has 12 heteroatoms. The van der Waals surface area contributed by atoms with Gasteiger partial charge in [0.15, 0.2) is 0 Å². The Bertz CT molecular complexity index is 2000. The van der Waals surface area contributed by atoms with E-state index < -0.39 is 22.8 Å². The van der Waals surface area contributed by atoms with Gasteiger partial charge in [-0.3, -0.25) is 28.8 Å². The summed E-state index contributed by atoms with van der Waals surface area (Å²) in [4.78, 5) is 91.1. The minimum absolute atomic E-state index is 0. The van der Waals surface area contributed by atoms with Gasteiger partial charge in [-0.05, 0) is 79.2 Å². The molecule has 2 fully saturated rings. The fraction of sp³-hybridized carbons (Fsp3) is 0.579. The number of likely N-dealkylation sites (N-methyl/N-ethyl adjacent to an activating group) is 1. The van der Waals surface area contributed by atoms with Crippen molar-refractivity contribution in [2.24, 2.45) is 22.7 Å². The predicted molar refractivity (Wildman–Crippen MR) is 276 cm³/mol. The molecule has 0 spiro atoms. The fourth-order valence-electron chi connectivity index (χ4n) is 9.39. The van der Waals surface area contributed by atoms with Gasteiger partial charge < -0.3 is 30.2 Å². The summed E-state index contributed by atoms with van der Waals surface area (Å²) in [5.41, 5.74) is 2.71. The van der Waals surface area contributed by atoms with Crippen LogP contribution >= 0.6 is 0 Å². The van der Waals surface area contributed by atoms with Crippen molar-refractivity contribution in [3.63, 3.8) is 0 Å². The molecular weight excluding hydrogens is 865 g/mol. The van der Waals surface area contributed by atoms with E-state index in [0.717, 1.165) is 47.9 Å². The highest BCUT2D eigenvalue weighted by Crippen LogP contribution is 2.34. The van der Waals surface area contributed by atoms with E-state index >= 15 is 0 Å². The normalized spacial score (nSPS) is 17.8. The van der Waals surface area contributed by atoms with Crippen LogP contribution in [0.1, 0.15) is 131 Å². The lowest BCUT2D eigenvalue weighted by Crippen LogP contribution is -2.57. The molecule has 6 atom stereocenters. The van der Waals surface area contributed by atoms with Gasteiger partial charge in [-0.15, -0.1) is 0 Å². The molecule has 5 rings (SSSR count). The van der Waals surface area contributed by atoms with Gasteiger partial charge in [-0.2, -0.15) is 0 Å². The van der Waals surface area contributed by atoms with Crippen molar-refractivity contribution in [2.45, 2.75) is 158 Å². The van der Waals surface area contributed by atoms with Gasteiger partial charge in [0, 0.05) is 69.6 Å². The Morgan fingerprint density at radius 3 is 1.46 bits per heavy atom. The number of benzene rings is 3.